The van der Waals surface area contributed by atoms with Crippen molar-refractivity contribution >= 4 is 5.69 Å². The average Bonchev–Trinajstić information content (AvgIpc) is 2.74. The van der Waals surface area contributed by atoms with E-state index in [1.807, 2.05) is 12.1 Å². The Morgan fingerprint density at radius 3 is 2.35 bits per heavy atom. The van der Waals surface area contributed by atoms with Gasteiger partial charge in [0.1, 0.15) is 0 Å². The van der Waals surface area contributed by atoms with Crippen LogP contribution in [0.4, 0.5) is 5.69 Å². The summed E-state index contributed by atoms with van der Waals surface area (Å²) in [7, 11) is 0. The molecule has 0 saturated heterocycles. The van der Waals surface area contributed by atoms with Gasteiger partial charge in [-0.1, -0.05) is 12.1 Å². The zero-order valence-corrected chi connectivity index (χ0v) is 10.1. The average molecular weight is 228 g/mol. The van der Waals surface area contributed by atoms with E-state index in [1.165, 1.54) is 24.8 Å². The lowest BCUT2D eigenvalue weighted by Crippen LogP contribution is -2.22. The van der Waals surface area contributed by atoms with Crippen LogP contribution in [-0.4, -0.2) is 6.04 Å². The predicted molar refractivity (Wildman–Crippen MR) is 69.3 cm³/mol. The highest BCUT2D eigenvalue weighted by Crippen LogP contribution is 2.65. The number of rotatable bonds is 3. The molecule has 2 bridgehead atoms. The number of nitrogens with one attached hydrogen (secondary N) is 1. The molecule has 3 fully saturated rings. The Morgan fingerprint density at radius 1 is 1.06 bits per heavy atom. The number of anilines is 1. The van der Waals surface area contributed by atoms with Crippen LogP contribution in [0.1, 0.15) is 24.8 Å². The fourth-order valence-electron chi connectivity index (χ4n) is 4.47. The van der Waals surface area contributed by atoms with Gasteiger partial charge in [0.05, 0.1) is 0 Å². The smallest absolute Gasteiger partial charge is 0.0314 e. The standard InChI is InChI=1S/C15H20N2/c16-12-5-1-9(2-6-12)8-17-15-13-10-3-4-11(7-10)14(13)15/h1-2,5-6,10-11,13-15,17H,3-4,7-8,16H2. The highest BCUT2D eigenvalue weighted by atomic mass is 15.0. The summed E-state index contributed by atoms with van der Waals surface area (Å²) in [6.07, 6.45) is 4.55. The lowest BCUT2D eigenvalue weighted by Gasteiger charge is -2.10. The molecule has 2 heteroatoms. The minimum atomic E-state index is 0.832. The summed E-state index contributed by atoms with van der Waals surface area (Å²) < 4.78 is 0. The maximum atomic E-state index is 5.69. The number of nitrogens with two attached hydrogens (primary N) is 1. The van der Waals surface area contributed by atoms with E-state index in [0.717, 1.165) is 41.9 Å². The van der Waals surface area contributed by atoms with E-state index in [2.05, 4.69) is 17.4 Å². The molecule has 0 radical (unpaired) electrons. The van der Waals surface area contributed by atoms with E-state index in [4.69, 9.17) is 5.73 Å². The molecule has 3 aliphatic carbocycles. The third kappa shape index (κ3) is 1.50. The first-order valence-corrected chi connectivity index (χ1v) is 6.91. The molecule has 1 aromatic carbocycles. The van der Waals surface area contributed by atoms with Gasteiger partial charge in [0, 0.05) is 18.3 Å². The number of hydrogen-bond acceptors (Lipinski definition) is 2. The van der Waals surface area contributed by atoms with E-state index in [1.54, 1.807) is 0 Å². The zero-order valence-electron chi connectivity index (χ0n) is 10.1. The first kappa shape index (κ1) is 9.95. The first-order valence-electron chi connectivity index (χ1n) is 6.91. The molecular formula is C15H20N2. The van der Waals surface area contributed by atoms with Crippen molar-refractivity contribution in [3.8, 4) is 0 Å². The fraction of sp³-hybridized carbons (Fsp3) is 0.600. The number of hydrogen-bond donors (Lipinski definition) is 2. The second-order valence-electron chi connectivity index (χ2n) is 6.14. The highest BCUT2D eigenvalue weighted by molar-refractivity contribution is 5.39. The quantitative estimate of drug-likeness (QED) is 0.780. The normalized spacial score (nSPS) is 41.5. The Balaban J connectivity index is 1.37. The third-order valence-corrected chi connectivity index (χ3v) is 5.26. The number of fused-ring (bicyclic) bond motifs is 5. The number of nitrogen functional groups attached to an aromatic ring is 1. The summed E-state index contributed by atoms with van der Waals surface area (Å²) >= 11 is 0. The Bertz CT molecular complexity index is 409. The van der Waals surface area contributed by atoms with Crippen molar-refractivity contribution < 1.29 is 0 Å². The highest BCUT2D eigenvalue weighted by Gasteiger charge is 2.64. The second-order valence-corrected chi connectivity index (χ2v) is 6.14. The summed E-state index contributed by atoms with van der Waals surface area (Å²) in [5.74, 6) is 4.19. The predicted octanol–water partition coefficient (Wildman–Crippen LogP) is 2.40. The third-order valence-electron chi connectivity index (χ3n) is 5.26. The molecule has 17 heavy (non-hydrogen) atoms. The van der Waals surface area contributed by atoms with Crippen molar-refractivity contribution in [3.63, 3.8) is 0 Å². The molecule has 1 aromatic rings. The molecule has 3 N–H and O–H groups in total. The van der Waals surface area contributed by atoms with Gasteiger partial charge in [-0.15, -0.1) is 0 Å². The minimum absolute atomic E-state index is 0.832. The monoisotopic (exact) mass is 228 g/mol. The summed E-state index contributed by atoms with van der Waals surface area (Å²) in [5.41, 5.74) is 7.91. The lowest BCUT2D eigenvalue weighted by atomic mass is 10.0. The van der Waals surface area contributed by atoms with Gasteiger partial charge in [-0.3, -0.25) is 0 Å². The van der Waals surface area contributed by atoms with Gasteiger partial charge in [0.15, 0.2) is 0 Å². The molecule has 4 unspecified atom stereocenters. The minimum Gasteiger partial charge on any atom is -0.399 e. The van der Waals surface area contributed by atoms with Gasteiger partial charge in [-0.25, -0.2) is 0 Å². The Morgan fingerprint density at radius 2 is 1.71 bits per heavy atom. The van der Waals surface area contributed by atoms with Crippen molar-refractivity contribution in [2.24, 2.45) is 23.7 Å². The van der Waals surface area contributed by atoms with Crippen LogP contribution in [0.2, 0.25) is 0 Å². The van der Waals surface area contributed by atoms with Crippen LogP contribution in [-0.2, 0) is 6.54 Å². The first-order chi connectivity index (χ1) is 8.33. The van der Waals surface area contributed by atoms with E-state index < -0.39 is 0 Å². The summed E-state index contributed by atoms with van der Waals surface area (Å²) in [4.78, 5) is 0. The van der Waals surface area contributed by atoms with Gasteiger partial charge in [0.25, 0.3) is 0 Å². The van der Waals surface area contributed by atoms with Crippen LogP contribution in [0, 0.1) is 23.7 Å². The maximum Gasteiger partial charge on any atom is 0.0314 e. The van der Waals surface area contributed by atoms with Crippen LogP contribution in [0.5, 0.6) is 0 Å². The van der Waals surface area contributed by atoms with Crippen LogP contribution in [0.25, 0.3) is 0 Å². The Hall–Kier alpha value is -1.02. The van der Waals surface area contributed by atoms with E-state index in [9.17, 15) is 0 Å². The maximum absolute atomic E-state index is 5.69. The van der Waals surface area contributed by atoms with Crippen molar-refractivity contribution in [2.45, 2.75) is 31.8 Å². The van der Waals surface area contributed by atoms with Gasteiger partial charge in [-0.05, 0) is 60.6 Å². The Kier molecular flexibility index (Phi) is 2.04. The molecule has 0 heterocycles. The van der Waals surface area contributed by atoms with Gasteiger partial charge in [0.2, 0.25) is 0 Å². The lowest BCUT2D eigenvalue weighted by molar-refractivity contribution is 0.456. The van der Waals surface area contributed by atoms with E-state index in [-0.39, 0.29) is 0 Å². The molecular weight excluding hydrogens is 208 g/mol. The summed E-state index contributed by atoms with van der Waals surface area (Å²) in [6, 6.07) is 9.09. The van der Waals surface area contributed by atoms with Crippen molar-refractivity contribution in [2.75, 3.05) is 5.73 Å². The topological polar surface area (TPSA) is 38.0 Å². The SMILES string of the molecule is Nc1ccc(CNC2C3C4CCC(C4)C23)cc1. The summed E-state index contributed by atoms with van der Waals surface area (Å²) in [5, 5.41) is 3.75. The van der Waals surface area contributed by atoms with Gasteiger partial charge in [-0.2, -0.15) is 0 Å². The summed E-state index contributed by atoms with van der Waals surface area (Å²) in [6.45, 7) is 1.01. The molecule has 3 aliphatic rings. The van der Waals surface area contributed by atoms with Gasteiger partial charge < -0.3 is 11.1 Å². The largest absolute Gasteiger partial charge is 0.399 e. The fourth-order valence-corrected chi connectivity index (χ4v) is 4.47. The molecule has 2 nitrogen and oxygen atoms in total. The molecule has 90 valence electrons. The van der Waals surface area contributed by atoms with E-state index in [0.29, 0.717) is 0 Å². The van der Waals surface area contributed by atoms with Crippen LogP contribution < -0.4 is 11.1 Å². The molecule has 4 rings (SSSR count). The molecule has 4 atom stereocenters. The number of benzene rings is 1. The molecule has 3 saturated carbocycles. The molecule has 0 spiro atoms. The Labute approximate surface area is 103 Å². The second kappa shape index (κ2) is 3.49. The zero-order chi connectivity index (χ0) is 11.4. The van der Waals surface area contributed by atoms with Crippen molar-refractivity contribution in [3.05, 3.63) is 29.8 Å². The molecule has 0 aromatic heterocycles. The molecule has 0 amide bonds. The molecule has 0 aliphatic heterocycles. The van der Waals surface area contributed by atoms with E-state index >= 15 is 0 Å². The van der Waals surface area contributed by atoms with Crippen LogP contribution in [0.15, 0.2) is 24.3 Å². The van der Waals surface area contributed by atoms with Gasteiger partial charge >= 0.3 is 0 Å². The van der Waals surface area contributed by atoms with Crippen LogP contribution >= 0.6 is 0 Å². The van der Waals surface area contributed by atoms with Crippen LogP contribution in [0.3, 0.4) is 0 Å². The van der Waals surface area contributed by atoms with Crippen molar-refractivity contribution in [1.29, 1.82) is 0 Å². The van der Waals surface area contributed by atoms with Crippen molar-refractivity contribution in [1.82, 2.24) is 5.32 Å².